The van der Waals surface area contributed by atoms with E-state index < -0.39 is 0 Å². The lowest BCUT2D eigenvalue weighted by molar-refractivity contribution is 0.0960. The molecule has 1 aliphatic rings. The Bertz CT molecular complexity index is 652. The van der Waals surface area contributed by atoms with Crippen LogP contribution in [-0.2, 0) is 6.54 Å². The van der Waals surface area contributed by atoms with Gasteiger partial charge in [-0.05, 0) is 43.2 Å². The van der Waals surface area contributed by atoms with Crippen molar-refractivity contribution in [2.24, 2.45) is 0 Å². The first-order valence-corrected chi connectivity index (χ1v) is 8.56. The Hall–Kier alpha value is -2.01. The smallest absolute Gasteiger partial charge is 0.131 e. The molecule has 2 aromatic rings. The summed E-state index contributed by atoms with van der Waals surface area (Å²) in [7, 11) is 0. The predicted octanol–water partition coefficient (Wildman–Crippen LogP) is 3.78. The van der Waals surface area contributed by atoms with Gasteiger partial charge in [-0.2, -0.15) is 0 Å². The van der Waals surface area contributed by atoms with Crippen LogP contribution < -0.4 is 4.74 Å². The molecule has 0 spiro atoms. The number of ether oxygens (including phenoxy) is 1. The van der Waals surface area contributed by atoms with Crippen molar-refractivity contribution >= 4 is 0 Å². The molecule has 0 atom stereocenters. The molecule has 24 heavy (non-hydrogen) atoms. The molecular weight excluding hydrogens is 305 g/mol. The summed E-state index contributed by atoms with van der Waals surface area (Å²) < 4.78 is 18.9. The molecule has 1 saturated heterocycles. The van der Waals surface area contributed by atoms with Crippen LogP contribution in [0.4, 0.5) is 4.39 Å². The van der Waals surface area contributed by atoms with Crippen molar-refractivity contribution < 1.29 is 9.13 Å². The SMILES string of the molecule is CC(C)c1nccc(CN2CCC(Oc3ccc(F)cc3)CC2)n1. The van der Waals surface area contributed by atoms with Gasteiger partial charge in [-0.1, -0.05) is 13.8 Å². The van der Waals surface area contributed by atoms with E-state index in [9.17, 15) is 4.39 Å². The maximum absolute atomic E-state index is 12.9. The Morgan fingerprint density at radius 1 is 1.17 bits per heavy atom. The molecule has 1 aromatic heterocycles. The minimum absolute atomic E-state index is 0.198. The zero-order chi connectivity index (χ0) is 16.9. The molecule has 4 nitrogen and oxygen atoms in total. The molecule has 0 saturated carbocycles. The molecule has 0 unspecified atom stereocenters. The molecule has 128 valence electrons. The number of rotatable bonds is 5. The average Bonchev–Trinajstić information content (AvgIpc) is 2.59. The molecule has 2 heterocycles. The van der Waals surface area contributed by atoms with Gasteiger partial charge in [-0.25, -0.2) is 14.4 Å². The summed E-state index contributed by atoms with van der Waals surface area (Å²) in [5.41, 5.74) is 1.08. The normalized spacial score (nSPS) is 16.5. The Balaban J connectivity index is 1.50. The van der Waals surface area contributed by atoms with Crippen LogP contribution in [0.15, 0.2) is 36.5 Å². The van der Waals surface area contributed by atoms with Crippen molar-refractivity contribution in [3.8, 4) is 5.75 Å². The van der Waals surface area contributed by atoms with Gasteiger partial charge in [0.15, 0.2) is 0 Å². The molecule has 0 bridgehead atoms. The van der Waals surface area contributed by atoms with E-state index in [4.69, 9.17) is 4.74 Å². The van der Waals surface area contributed by atoms with Crippen molar-refractivity contribution in [2.45, 2.75) is 45.3 Å². The van der Waals surface area contributed by atoms with E-state index in [1.54, 1.807) is 12.1 Å². The van der Waals surface area contributed by atoms with Crippen LogP contribution in [0.3, 0.4) is 0 Å². The third-order valence-electron chi connectivity index (χ3n) is 4.28. The van der Waals surface area contributed by atoms with E-state index >= 15 is 0 Å². The van der Waals surface area contributed by atoms with Crippen molar-refractivity contribution in [3.05, 3.63) is 53.9 Å². The van der Waals surface area contributed by atoms with Crippen molar-refractivity contribution in [3.63, 3.8) is 0 Å². The van der Waals surface area contributed by atoms with Crippen molar-refractivity contribution in [2.75, 3.05) is 13.1 Å². The van der Waals surface area contributed by atoms with Gasteiger partial charge in [-0.15, -0.1) is 0 Å². The molecule has 3 rings (SSSR count). The summed E-state index contributed by atoms with van der Waals surface area (Å²) in [4.78, 5) is 11.4. The molecular formula is C19H24FN3O. The first-order valence-electron chi connectivity index (χ1n) is 8.56. The van der Waals surface area contributed by atoms with Gasteiger partial charge in [0.2, 0.25) is 0 Å². The summed E-state index contributed by atoms with van der Waals surface area (Å²) in [6.45, 7) is 7.03. The van der Waals surface area contributed by atoms with Crippen LogP contribution in [0.25, 0.3) is 0 Å². The summed E-state index contributed by atoms with van der Waals surface area (Å²) >= 11 is 0. The van der Waals surface area contributed by atoms with E-state index in [-0.39, 0.29) is 11.9 Å². The highest BCUT2D eigenvalue weighted by Crippen LogP contribution is 2.20. The fourth-order valence-electron chi connectivity index (χ4n) is 2.90. The van der Waals surface area contributed by atoms with E-state index in [1.165, 1.54) is 12.1 Å². The van der Waals surface area contributed by atoms with Gasteiger partial charge in [0, 0.05) is 31.7 Å². The minimum Gasteiger partial charge on any atom is -0.490 e. The highest BCUT2D eigenvalue weighted by molar-refractivity contribution is 5.22. The molecule has 5 heteroatoms. The monoisotopic (exact) mass is 329 g/mol. The Morgan fingerprint density at radius 3 is 2.54 bits per heavy atom. The van der Waals surface area contributed by atoms with Crippen LogP contribution in [0, 0.1) is 5.82 Å². The highest BCUT2D eigenvalue weighted by Gasteiger charge is 2.21. The largest absolute Gasteiger partial charge is 0.490 e. The van der Waals surface area contributed by atoms with Crippen LogP contribution in [-0.4, -0.2) is 34.1 Å². The zero-order valence-electron chi connectivity index (χ0n) is 14.3. The minimum atomic E-state index is -0.234. The van der Waals surface area contributed by atoms with E-state index in [1.807, 2.05) is 12.3 Å². The molecule has 0 radical (unpaired) electrons. The second-order valence-electron chi connectivity index (χ2n) is 6.61. The molecule has 0 amide bonds. The van der Waals surface area contributed by atoms with Crippen LogP contribution in [0.1, 0.15) is 44.1 Å². The number of hydrogen-bond acceptors (Lipinski definition) is 4. The van der Waals surface area contributed by atoms with Crippen LogP contribution >= 0.6 is 0 Å². The van der Waals surface area contributed by atoms with Gasteiger partial charge >= 0.3 is 0 Å². The predicted molar refractivity (Wildman–Crippen MR) is 91.4 cm³/mol. The number of likely N-dealkylation sites (tertiary alicyclic amines) is 1. The summed E-state index contributed by atoms with van der Waals surface area (Å²) in [6, 6.07) is 8.25. The number of hydrogen-bond donors (Lipinski definition) is 0. The van der Waals surface area contributed by atoms with Gasteiger partial charge in [0.05, 0.1) is 5.69 Å². The Labute approximate surface area is 142 Å². The maximum Gasteiger partial charge on any atom is 0.131 e. The first-order chi connectivity index (χ1) is 11.6. The van der Waals surface area contributed by atoms with Crippen molar-refractivity contribution in [1.29, 1.82) is 0 Å². The number of benzene rings is 1. The van der Waals surface area contributed by atoms with E-state index in [2.05, 4.69) is 28.7 Å². The second-order valence-corrected chi connectivity index (χ2v) is 6.61. The lowest BCUT2D eigenvalue weighted by atomic mass is 10.1. The Morgan fingerprint density at radius 2 is 1.88 bits per heavy atom. The van der Waals surface area contributed by atoms with Gasteiger partial charge in [0.1, 0.15) is 23.5 Å². The topological polar surface area (TPSA) is 38.2 Å². The van der Waals surface area contributed by atoms with E-state index in [0.717, 1.165) is 49.7 Å². The Kier molecular flexibility index (Phi) is 5.41. The molecule has 1 fully saturated rings. The maximum atomic E-state index is 12.9. The summed E-state index contributed by atoms with van der Waals surface area (Å²) in [5, 5.41) is 0. The third-order valence-corrected chi connectivity index (χ3v) is 4.28. The summed E-state index contributed by atoms with van der Waals surface area (Å²) in [5.74, 6) is 1.76. The fourth-order valence-corrected chi connectivity index (χ4v) is 2.90. The third kappa shape index (κ3) is 4.51. The quantitative estimate of drug-likeness (QED) is 0.837. The number of nitrogens with zero attached hydrogens (tertiary/aromatic N) is 3. The molecule has 0 N–H and O–H groups in total. The van der Waals surface area contributed by atoms with Crippen molar-refractivity contribution in [1.82, 2.24) is 14.9 Å². The standard InChI is InChI=1S/C19H24FN3O/c1-14(2)19-21-10-7-16(22-19)13-23-11-8-18(9-12-23)24-17-5-3-15(20)4-6-17/h3-7,10,14,18H,8-9,11-13H2,1-2H3. The van der Waals surface area contributed by atoms with Gasteiger partial charge < -0.3 is 4.74 Å². The summed E-state index contributed by atoms with van der Waals surface area (Å²) in [6.07, 6.45) is 3.99. The average molecular weight is 329 g/mol. The van der Waals surface area contributed by atoms with Crippen LogP contribution in [0.2, 0.25) is 0 Å². The fraction of sp³-hybridized carbons (Fsp3) is 0.474. The lowest BCUT2D eigenvalue weighted by Crippen LogP contribution is -2.38. The van der Waals surface area contributed by atoms with Gasteiger partial charge in [-0.3, -0.25) is 4.90 Å². The molecule has 0 aliphatic carbocycles. The van der Waals surface area contributed by atoms with E-state index in [0.29, 0.717) is 5.92 Å². The number of halogens is 1. The molecule has 1 aromatic carbocycles. The van der Waals surface area contributed by atoms with Gasteiger partial charge in [0.25, 0.3) is 0 Å². The number of aromatic nitrogens is 2. The molecule has 1 aliphatic heterocycles. The lowest BCUT2D eigenvalue weighted by Gasteiger charge is -2.32. The first kappa shape index (κ1) is 16.8. The number of piperidine rings is 1. The van der Waals surface area contributed by atoms with Crippen LogP contribution in [0.5, 0.6) is 5.75 Å². The zero-order valence-corrected chi connectivity index (χ0v) is 14.3. The second kappa shape index (κ2) is 7.71. The highest BCUT2D eigenvalue weighted by atomic mass is 19.1.